The molecule has 0 unspecified atom stereocenters. The molecule has 0 spiro atoms. The number of nitriles is 1. The lowest BCUT2D eigenvalue weighted by molar-refractivity contribution is -0.127. The number of carbonyl (C=O) groups excluding carboxylic acids is 3. The zero-order valence-corrected chi connectivity index (χ0v) is 46.0. The molecule has 412 valence electrons. The Hall–Kier alpha value is -5.37. The molecule has 3 aliphatic heterocycles. The Balaban J connectivity index is 0.000000202. The molecule has 23 nitrogen and oxygen atoms in total. The topological polar surface area (TPSA) is 295 Å². The number of hydrogen-bond acceptors (Lipinski definition) is 12. The van der Waals surface area contributed by atoms with Crippen molar-refractivity contribution in [1.29, 1.82) is 5.26 Å². The van der Waals surface area contributed by atoms with Crippen LogP contribution < -0.4 is 20.1 Å². The van der Waals surface area contributed by atoms with E-state index in [1.165, 1.54) is 12.9 Å². The van der Waals surface area contributed by atoms with Gasteiger partial charge in [-0.1, -0.05) is 63.1 Å². The number of para-hydroxylation sites is 2. The largest absolute Gasteiger partial charge is 0.477 e. The monoisotopic (exact) mass is 1120 g/mol. The number of ether oxygens (including phenoxy) is 1. The van der Waals surface area contributed by atoms with E-state index in [4.69, 9.17) is 16.3 Å². The third-order valence-corrected chi connectivity index (χ3v) is 18.2. The summed E-state index contributed by atoms with van der Waals surface area (Å²) >= 11 is 5.50. The Labute approximate surface area is 444 Å². The predicted molar refractivity (Wildman–Crippen MR) is 282 cm³/mol. The number of carboxylic acid groups (broad SMARTS) is 1. The van der Waals surface area contributed by atoms with Gasteiger partial charge in [0.15, 0.2) is 0 Å². The summed E-state index contributed by atoms with van der Waals surface area (Å²) in [6, 6.07) is 19.7. The van der Waals surface area contributed by atoms with Crippen LogP contribution in [-0.4, -0.2) is 163 Å². The molecule has 5 heterocycles. The third-order valence-electron chi connectivity index (χ3n) is 12.9. The average molecular weight is 1120 g/mol. The number of aromatic nitrogens is 2. The molecule has 75 heavy (non-hydrogen) atoms. The van der Waals surface area contributed by atoms with Crippen molar-refractivity contribution in [2.45, 2.75) is 97.5 Å². The van der Waals surface area contributed by atoms with Crippen LogP contribution in [0.5, 0.6) is 0 Å². The SMILES string of the molecule is CC(C)(C)OC(=O)N1CCN(CCCl)S1(=O)=O.CC(C)C[C@@H](C#N)NC(=O)[C@@H]1CCCC[C@@H]1NC(=O)c1cc2ccccc2n1CCN1CCNS1(=O)=O.O=C(O)c1cc2ccccc2n1CCN1CCNS1(=O)=O. The molecular formula is C48H68ClN11O12S3. The number of aromatic carboxylic acids is 1. The van der Waals surface area contributed by atoms with E-state index in [0.29, 0.717) is 64.2 Å². The van der Waals surface area contributed by atoms with E-state index in [-0.39, 0.29) is 68.1 Å². The molecule has 2 aromatic carbocycles. The summed E-state index contributed by atoms with van der Waals surface area (Å²) in [4.78, 5) is 49.7. The van der Waals surface area contributed by atoms with E-state index in [9.17, 15) is 54.8 Å². The highest BCUT2D eigenvalue weighted by atomic mass is 35.5. The normalized spacial score (nSPS) is 20.9. The van der Waals surface area contributed by atoms with Crippen molar-refractivity contribution in [2.75, 3.05) is 64.8 Å². The summed E-state index contributed by atoms with van der Waals surface area (Å²) in [5.41, 5.74) is 1.53. The number of carbonyl (C=O) groups is 4. The minimum absolute atomic E-state index is 0.105. The molecule has 3 amide bonds. The first-order chi connectivity index (χ1) is 35.4. The second-order valence-corrected chi connectivity index (χ2v) is 25.6. The first-order valence-corrected chi connectivity index (χ1v) is 29.6. The molecule has 2 aromatic heterocycles. The first-order valence-electron chi connectivity index (χ1n) is 24.8. The number of hydrogen-bond donors (Lipinski definition) is 5. The average Bonchev–Trinajstić information content (AvgIpc) is 4.15. The van der Waals surface area contributed by atoms with Crippen LogP contribution in [0, 0.1) is 23.2 Å². The molecule has 4 aliphatic rings. The van der Waals surface area contributed by atoms with Crippen molar-refractivity contribution in [3.63, 3.8) is 0 Å². The van der Waals surface area contributed by atoms with Gasteiger partial charge < -0.3 is 29.6 Å². The lowest BCUT2D eigenvalue weighted by Gasteiger charge is -2.32. The molecule has 0 radical (unpaired) electrons. The molecule has 0 bridgehead atoms. The maximum Gasteiger partial charge on any atom is 0.425 e. The van der Waals surface area contributed by atoms with Crippen LogP contribution in [0.25, 0.3) is 21.8 Å². The van der Waals surface area contributed by atoms with Crippen molar-refractivity contribution in [3.8, 4) is 6.07 Å². The van der Waals surface area contributed by atoms with Gasteiger partial charge in [0.2, 0.25) is 5.91 Å². The fraction of sp³-hybridized carbons (Fsp3) is 0.562. The van der Waals surface area contributed by atoms with Crippen molar-refractivity contribution in [2.24, 2.45) is 11.8 Å². The van der Waals surface area contributed by atoms with Crippen LogP contribution in [0.3, 0.4) is 0 Å². The lowest BCUT2D eigenvalue weighted by Crippen LogP contribution is -2.50. The zero-order chi connectivity index (χ0) is 54.9. The Morgan fingerprint density at radius 1 is 0.773 bits per heavy atom. The number of nitrogens with zero attached hydrogens (tertiary/aromatic N) is 7. The molecule has 3 saturated heterocycles. The Kier molecular flexibility index (Phi) is 19.8. The smallest absolute Gasteiger partial charge is 0.425 e. The maximum absolute atomic E-state index is 13.6. The predicted octanol–water partition coefficient (Wildman–Crippen LogP) is 3.65. The molecule has 5 N–H and O–H groups in total. The summed E-state index contributed by atoms with van der Waals surface area (Å²) in [6.07, 6.45) is 2.88. The molecule has 4 aromatic rings. The van der Waals surface area contributed by atoms with Crippen LogP contribution in [0.1, 0.15) is 87.7 Å². The second-order valence-electron chi connectivity index (χ2n) is 19.8. The number of amides is 3. The van der Waals surface area contributed by atoms with Gasteiger partial charge in [-0.15, -0.1) is 11.6 Å². The van der Waals surface area contributed by atoms with E-state index in [2.05, 4.69) is 26.1 Å². The van der Waals surface area contributed by atoms with Crippen LogP contribution in [0.15, 0.2) is 60.7 Å². The first kappa shape index (κ1) is 58.9. The minimum Gasteiger partial charge on any atom is -0.477 e. The fourth-order valence-corrected chi connectivity index (χ4v) is 13.4. The fourth-order valence-electron chi connectivity index (χ4n) is 9.32. The molecule has 27 heteroatoms. The third kappa shape index (κ3) is 15.0. The zero-order valence-electron chi connectivity index (χ0n) is 42.8. The number of benzene rings is 2. The van der Waals surface area contributed by atoms with E-state index < -0.39 is 60.3 Å². The summed E-state index contributed by atoms with van der Waals surface area (Å²) < 4.78 is 89.6. The van der Waals surface area contributed by atoms with E-state index in [1.807, 2.05) is 73.0 Å². The Morgan fingerprint density at radius 3 is 1.80 bits per heavy atom. The number of nitrogens with one attached hydrogen (secondary N) is 4. The van der Waals surface area contributed by atoms with E-state index in [1.54, 1.807) is 31.4 Å². The molecule has 8 rings (SSSR count). The lowest BCUT2D eigenvalue weighted by atomic mass is 9.83. The number of carboxylic acids is 1. The summed E-state index contributed by atoms with van der Waals surface area (Å²) in [7, 11) is -10.6. The highest BCUT2D eigenvalue weighted by Gasteiger charge is 2.42. The van der Waals surface area contributed by atoms with Gasteiger partial charge in [0.05, 0.1) is 18.5 Å². The second kappa shape index (κ2) is 25.2. The van der Waals surface area contributed by atoms with Gasteiger partial charge in [-0.3, -0.25) is 9.59 Å². The van der Waals surface area contributed by atoms with Crippen molar-refractivity contribution in [1.82, 2.24) is 46.4 Å². The maximum atomic E-state index is 13.6. The van der Waals surface area contributed by atoms with Gasteiger partial charge in [-0.25, -0.2) is 19.0 Å². The summed E-state index contributed by atoms with van der Waals surface area (Å²) in [5.74, 6) is -1.43. The van der Waals surface area contributed by atoms with Crippen LogP contribution >= 0.6 is 11.6 Å². The number of halogens is 1. The Bertz CT molecular complexity index is 3080. The van der Waals surface area contributed by atoms with Gasteiger partial charge >= 0.3 is 22.3 Å². The number of alkyl halides is 1. The highest BCUT2D eigenvalue weighted by molar-refractivity contribution is 7.88. The van der Waals surface area contributed by atoms with Crippen molar-refractivity contribution < 1.29 is 54.3 Å². The standard InChI is InChI=1S/C26H36N6O4S.C13H15N3O4S.C9H17ClN2O4S/c1-18(2)15-20(17-27)29-25(33)21-8-4-5-9-22(21)30-26(34)24-16-19-7-3-6-10-23(19)32(24)14-13-31-12-11-28-37(31,35)36;17-13(18)12-9-10-3-1-2-4-11(10)16(12)8-7-15-6-5-14-21(15,19)20;1-9(2,3)16-8(13)12-7-6-11(5-4-10)17(12,14)15/h3,6-7,10,16,18,20-22,28H,4-5,8-9,11-15H2,1-2H3,(H,29,33)(H,30,34);1-4,9,14H,5-8H2,(H,17,18);4-7H2,1-3H3/t20-,21+,22-;;/m0../s1. The summed E-state index contributed by atoms with van der Waals surface area (Å²) in [6.45, 7) is 12.3. The van der Waals surface area contributed by atoms with Crippen LogP contribution in [0.4, 0.5) is 4.79 Å². The van der Waals surface area contributed by atoms with Gasteiger partial charge in [-0.05, 0) is 70.2 Å². The quantitative estimate of drug-likeness (QED) is 0.106. The minimum atomic E-state index is -3.75. The van der Waals surface area contributed by atoms with Gasteiger partial charge in [0.1, 0.15) is 23.0 Å². The van der Waals surface area contributed by atoms with E-state index >= 15 is 0 Å². The molecular weight excluding hydrogens is 1050 g/mol. The van der Waals surface area contributed by atoms with Crippen molar-refractivity contribution in [3.05, 3.63) is 72.1 Å². The van der Waals surface area contributed by atoms with Gasteiger partial charge in [0.25, 0.3) is 26.3 Å². The van der Waals surface area contributed by atoms with Crippen LogP contribution in [-0.2, 0) is 53.2 Å². The van der Waals surface area contributed by atoms with E-state index in [0.717, 1.165) is 39.0 Å². The van der Waals surface area contributed by atoms with Gasteiger partial charge in [-0.2, -0.15) is 47.7 Å². The Morgan fingerprint density at radius 2 is 1.31 bits per heavy atom. The molecule has 4 fully saturated rings. The number of fused-ring (bicyclic) bond motifs is 2. The molecule has 1 aliphatic carbocycles. The summed E-state index contributed by atoms with van der Waals surface area (Å²) in [5, 5.41) is 26.4. The van der Waals surface area contributed by atoms with Crippen LogP contribution in [0.2, 0.25) is 0 Å². The molecule has 3 atom stereocenters. The highest BCUT2D eigenvalue weighted by Crippen LogP contribution is 2.28. The van der Waals surface area contributed by atoms with Crippen molar-refractivity contribution >= 4 is 87.9 Å². The van der Waals surface area contributed by atoms with Gasteiger partial charge in [0, 0.05) is 99.2 Å². The number of rotatable bonds is 15. The molecule has 1 saturated carbocycles.